The molecule has 5 heteroatoms. The van der Waals surface area contributed by atoms with Crippen LogP contribution in [0, 0.1) is 19.7 Å². The number of nitrogens with zero attached hydrogens (tertiary/aromatic N) is 1. The number of urea groups is 1. The third-order valence-electron chi connectivity index (χ3n) is 4.03. The summed E-state index contributed by atoms with van der Waals surface area (Å²) in [5.41, 5.74) is 2.69. The number of likely N-dealkylation sites (N-methyl/N-ethyl adjacent to an activating group) is 1. The van der Waals surface area contributed by atoms with Crippen LogP contribution in [-0.2, 0) is 0 Å². The molecular formula is C19H23FN2O2. The third kappa shape index (κ3) is 4.32. The minimum atomic E-state index is -0.773. The number of hydrogen-bond acceptors (Lipinski definition) is 2. The molecule has 2 aromatic rings. The molecule has 0 saturated carbocycles. The number of carbonyl (C=O) groups is 1. The number of nitrogens with one attached hydrogen (secondary N) is 1. The molecule has 0 aromatic heterocycles. The molecule has 128 valence electrons. The molecular weight excluding hydrogens is 307 g/mol. The summed E-state index contributed by atoms with van der Waals surface area (Å²) in [6, 6.07) is 11.7. The topological polar surface area (TPSA) is 52.6 Å². The number of amides is 2. The first kappa shape index (κ1) is 17.9. The average Bonchev–Trinajstić information content (AvgIpc) is 2.57. The fraction of sp³-hybridized carbons (Fsp3) is 0.316. The van der Waals surface area contributed by atoms with Gasteiger partial charge in [-0.3, -0.25) is 0 Å². The highest BCUT2D eigenvalue weighted by Crippen LogP contribution is 2.19. The van der Waals surface area contributed by atoms with Gasteiger partial charge in [0.1, 0.15) is 5.82 Å². The van der Waals surface area contributed by atoms with Crippen LogP contribution in [0.25, 0.3) is 0 Å². The molecule has 2 N–H and O–H groups in total. The lowest BCUT2D eigenvalue weighted by Gasteiger charge is -2.25. The lowest BCUT2D eigenvalue weighted by atomic mass is 10.1. The quantitative estimate of drug-likeness (QED) is 0.869. The Morgan fingerprint density at radius 3 is 2.50 bits per heavy atom. The van der Waals surface area contributed by atoms with Crippen molar-refractivity contribution in [2.45, 2.75) is 26.9 Å². The van der Waals surface area contributed by atoms with Crippen LogP contribution < -0.4 is 5.32 Å². The molecule has 0 bridgehead atoms. The van der Waals surface area contributed by atoms with Gasteiger partial charge >= 0.3 is 6.03 Å². The van der Waals surface area contributed by atoms with E-state index in [1.54, 1.807) is 19.1 Å². The number of aliphatic hydroxyl groups excluding tert-OH is 1. The van der Waals surface area contributed by atoms with Crippen LogP contribution >= 0.6 is 0 Å². The van der Waals surface area contributed by atoms with Crippen LogP contribution in [0.4, 0.5) is 14.9 Å². The molecule has 0 fully saturated rings. The number of aryl methyl sites for hydroxylation is 1. The first-order valence-corrected chi connectivity index (χ1v) is 7.98. The molecule has 0 aliphatic rings. The summed E-state index contributed by atoms with van der Waals surface area (Å²) in [6.45, 7) is 6.02. The second-order valence-electron chi connectivity index (χ2n) is 5.81. The maximum Gasteiger partial charge on any atom is 0.321 e. The van der Waals surface area contributed by atoms with Crippen molar-refractivity contribution in [1.82, 2.24) is 4.90 Å². The van der Waals surface area contributed by atoms with Crippen molar-refractivity contribution in [2.24, 2.45) is 0 Å². The monoisotopic (exact) mass is 330 g/mol. The second kappa shape index (κ2) is 7.93. The zero-order valence-electron chi connectivity index (χ0n) is 14.2. The van der Waals surface area contributed by atoms with Crippen LogP contribution in [0.1, 0.15) is 29.7 Å². The van der Waals surface area contributed by atoms with Gasteiger partial charge in [-0.05, 0) is 38.5 Å². The van der Waals surface area contributed by atoms with Gasteiger partial charge in [0.05, 0.1) is 12.6 Å². The van der Waals surface area contributed by atoms with E-state index in [0.29, 0.717) is 17.8 Å². The number of aliphatic hydroxyl groups is 1. The average molecular weight is 330 g/mol. The molecule has 1 atom stereocenters. The van der Waals surface area contributed by atoms with Crippen LogP contribution in [0.15, 0.2) is 42.5 Å². The smallest absolute Gasteiger partial charge is 0.321 e. The van der Waals surface area contributed by atoms with E-state index >= 15 is 0 Å². The van der Waals surface area contributed by atoms with Gasteiger partial charge in [-0.1, -0.05) is 35.9 Å². The van der Waals surface area contributed by atoms with Gasteiger partial charge in [0.15, 0.2) is 0 Å². The van der Waals surface area contributed by atoms with Crippen molar-refractivity contribution >= 4 is 11.7 Å². The minimum absolute atomic E-state index is 0.166. The molecule has 0 aliphatic heterocycles. The zero-order chi connectivity index (χ0) is 17.7. The maximum absolute atomic E-state index is 13.6. The van der Waals surface area contributed by atoms with E-state index in [0.717, 1.165) is 11.1 Å². The predicted molar refractivity (Wildman–Crippen MR) is 93.5 cm³/mol. The highest BCUT2D eigenvalue weighted by molar-refractivity contribution is 5.90. The standard InChI is InChI=1S/C19H23FN2O2/c1-4-22(12-18(23)15-10-8-13(2)9-11-15)19(24)21-17-7-5-6-16(20)14(17)3/h5-11,18,23H,4,12H2,1-3H3,(H,21,24). The minimum Gasteiger partial charge on any atom is -0.387 e. The highest BCUT2D eigenvalue weighted by atomic mass is 19.1. The maximum atomic E-state index is 13.6. The van der Waals surface area contributed by atoms with Crippen LogP contribution in [0.3, 0.4) is 0 Å². The lowest BCUT2D eigenvalue weighted by Crippen LogP contribution is -2.38. The Kier molecular flexibility index (Phi) is 5.93. The van der Waals surface area contributed by atoms with Gasteiger partial charge in [0.2, 0.25) is 0 Å². The number of hydrogen-bond donors (Lipinski definition) is 2. The van der Waals surface area contributed by atoms with Crippen LogP contribution in [0.2, 0.25) is 0 Å². The zero-order valence-corrected chi connectivity index (χ0v) is 14.2. The number of halogens is 1. The van der Waals surface area contributed by atoms with Gasteiger partial charge in [-0.25, -0.2) is 9.18 Å². The SMILES string of the molecule is CCN(CC(O)c1ccc(C)cc1)C(=O)Nc1cccc(F)c1C. The molecule has 2 rings (SSSR count). The summed E-state index contributed by atoms with van der Waals surface area (Å²) < 4.78 is 13.6. The Morgan fingerprint density at radius 1 is 1.21 bits per heavy atom. The molecule has 2 amide bonds. The summed E-state index contributed by atoms with van der Waals surface area (Å²) >= 11 is 0. The van der Waals surface area contributed by atoms with Gasteiger partial charge in [-0.15, -0.1) is 0 Å². The van der Waals surface area contributed by atoms with E-state index in [2.05, 4.69) is 5.32 Å². The van der Waals surface area contributed by atoms with E-state index in [4.69, 9.17) is 0 Å². The molecule has 0 aliphatic carbocycles. The summed E-state index contributed by atoms with van der Waals surface area (Å²) in [4.78, 5) is 13.9. The third-order valence-corrected chi connectivity index (χ3v) is 4.03. The van der Waals surface area contributed by atoms with Gasteiger partial charge in [-0.2, -0.15) is 0 Å². The van der Waals surface area contributed by atoms with E-state index < -0.39 is 6.10 Å². The van der Waals surface area contributed by atoms with Crippen molar-refractivity contribution in [3.05, 3.63) is 65.0 Å². The van der Waals surface area contributed by atoms with E-state index in [1.807, 2.05) is 38.1 Å². The first-order chi connectivity index (χ1) is 11.4. The van der Waals surface area contributed by atoms with E-state index in [1.165, 1.54) is 11.0 Å². The molecule has 0 saturated heterocycles. The Morgan fingerprint density at radius 2 is 1.88 bits per heavy atom. The molecule has 2 aromatic carbocycles. The first-order valence-electron chi connectivity index (χ1n) is 7.98. The Hall–Kier alpha value is -2.40. The molecule has 4 nitrogen and oxygen atoms in total. The summed E-state index contributed by atoms with van der Waals surface area (Å²) in [6.07, 6.45) is -0.773. The fourth-order valence-electron chi connectivity index (χ4n) is 2.40. The van der Waals surface area contributed by atoms with Crippen molar-refractivity contribution < 1.29 is 14.3 Å². The molecule has 24 heavy (non-hydrogen) atoms. The molecule has 0 heterocycles. The fourth-order valence-corrected chi connectivity index (χ4v) is 2.40. The number of rotatable bonds is 5. The normalized spacial score (nSPS) is 11.9. The molecule has 1 unspecified atom stereocenters. The van der Waals surface area contributed by atoms with Crippen LogP contribution in [0.5, 0.6) is 0 Å². The van der Waals surface area contributed by atoms with Crippen molar-refractivity contribution in [3.8, 4) is 0 Å². The Labute approximate surface area is 141 Å². The van der Waals surface area contributed by atoms with Gasteiger partial charge in [0.25, 0.3) is 0 Å². The van der Waals surface area contributed by atoms with Crippen molar-refractivity contribution in [2.75, 3.05) is 18.4 Å². The van der Waals surface area contributed by atoms with Crippen LogP contribution in [-0.4, -0.2) is 29.1 Å². The predicted octanol–water partition coefficient (Wildman–Crippen LogP) is 4.03. The summed E-state index contributed by atoms with van der Waals surface area (Å²) in [5, 5.41) is 13.0. The summed E-state index contributed by atoms with van der Waals surface area (Å²) in [5.74, 6) is -0.365. The summed E-state index contributed by atoms with van der Waals surface area (Å²) in [7, 11) is 0. The largest absolute Gasteiger partial charge is 0.387 e. The van der Waals surface area contributed by atoms with Gasteiger partial charge in [0, 0.05) is 17.8 Å². The number of benzene rings is 2. The van der Waals surface area contributed by atoms with E-state index in [9.17, 15) is 14.3 Å². The number of anilines is 1. The highest BCUT2D eigenvalue weighted by Gasteiger charge is 2.18. The lowest BCUT2D eigenvalue weighted by molar-refractivity contribution is 0.128. The second-order valence-corrected chi connectivity index (χ2v) is 5.81. The Bertz CT molecular complexity index is 701. The van der Waals surface area contributed by atoms with Gasteiger partial charge < -0.3 is 15.3 Å². The van der Waals surface area contributed by atoms with Crippen molar-refractivity contribution in [1.29, 1.82) is 0 Å². The number of carbonyl (C=O) groups excluding carboxylic acids is 1. The molecule has 0 spiro atoms. The van der Waals surface area contributed by atoms with Crippen molar-refractivity contribution in [3.63, 3.8) is 0 Å². The molecule has 0 radical (unpaired) electrons. The van der Waals surface area contributed by atoms with E-state index in [-0.39, 0.29) is 18.4 Å². The Balaban J connectivity index is 2.05.